The normalized spacial score (nSPS) is 14.4. The van der Waals surface area contributed by atoms with Crippen molar-refractivity contribution in [3.05, 3.63) is 19.2 Å². The molecule has 1 aromatic rings. The van der Waals surface area contributed by atoms with Crippen LogP contribution in [-0.4, -0.2) is 23.4 Å². The first-order valence-electron chi connectivity index (χ1n) is 5.26. The van der Waals surface area contributed by atoms with E-state index in [9.17, 15) is 4.79 Å². The quantitative estimate of drug-likeness (QED) is 0.801. The van der Waals surface area contributed by atoms with Crippen LogP contribution in [0.5, 0.6) is 0 Å². The molecule has 1 heterocycles. The number of carbonyl (C=O) groups excluding carboxylic acids is 1. The lowest BCUT2D eigenvalue weighted by atomic mass is 10.3. The Bertz CT molecular complexity index is 457. The van der Waals surface area contributed by atoms with Crippen molar-refractivity contribution in [1.82, 2.24) is 4.90 Å². The second-order valence-corrected chi connectivity index (χ2v) is 7.09. The Kier molecular flexibility index (Phi) is 4.23. The van der Waals surface area contributed by atoms with E-state index in [1.54, 1.807) is 0 Å². The van der Waals surface area contributed by atoms with Crippen LogP contribution in [0.2, 0.25) is 0 Å². The highest BCUT2D eigenvalue weighted by atomic mass is 79.9. The monoisotopic (exact) mass is 376 g/mol. The molecule has 90 valence electrons. The predicted octanol–water partition coefficient (Wildman–Crippen LogP) is 3.79. The molecule has 17 heavy (non-hydrogen) atoms. The van der Waals surface area contributed by atoms with E-state index in [2.05, 4.69) is 37.9 Å². The standard InChI is InChI=1S/C11H10Br2N2OS/c12-8-6-9(17-10(8)13)11(16)15(5-1-4-14)7-2-3-7/h6-7H,1-3,5H2. The maximum absolute atomic E-state index is 12.3. The Morgan fingerprint density at radius 1 is 1.59 bits per heavy atom. The zero-order valence-corrected chi connectivity index (χ0v) is 12.9. The van der Waals surface area contributed by atoms with Crippen LogP contribution < -0.4 is 0 Å². The van der Waals surface area contributed by atoms with Gasteiger partial charge in [0.05, 0.1) is 21.2 Å². The Balaban J connectivity index is 2.13. The number of amides is 1. The van der Waals surface area contributed by atoms with Crippen molar-refractivity contribution < 1.29 is 4.79 Å². The number of hydrogen-bond donors (Lipinski definition) is 0. The average molecular weight is 378 g/mol. The summed E-state index contributed by atoms with van der Waals surface area (Å²) in [6.45, 7) is 0.535. The van der Waals surface area contributed by atoms with Crippen LogP contribution >= 0.6 is 43.2 Å². The van der Waals surface area contributed by atoms with Crippen LogP contribution in [0.1, 0.15) is 28.9 Å². The molecule has 0 spiro atoms. The number of nitrogens with zero attached hydrogens (tertiary/aromatic N) is 2. The molecule has 1 aliphatic carbocycles. The second-order valence-electron chi connectivity index (χ2n) is 3.87. The fraction of sp³-hybridized carbons (Fsp3) is 0.455. The topological polar surface area (TPSA) is 44.1 Å². The third-order valence-electron chi connectivity index (χ3n) is 2.57. The van der Waals surface area contributed by atoms with Crippen LogP contribution in [0, 0.1) is 11.3 Å². The Morgan fingerprint density at radius 2 is 2.29 bits per heavy atom. The highest BCUT2D eigenvalue weighted by molar-refractivity contribution is 9.13. The smallest absolute Gasteiger partial charge is 0.264 e. The molecule has 2 rings (SSSR count). The molecular weight excluding hydrogens is 368 g/mol. The van der Waals surface area contributed by atoms with Gasteiger partial charge in [-0.3, -0.25) is 4.79 Å². The Labute approximate surface area is 121 Å². The van der Waals surface area contributed by atoms with Crippen LogP contribution in [0.4, 0.5) is 0 Å². The van der Waals surface area contributed by atoms with Gasteiger partial charge < -0.3 is 4.90 Å². The van der Waals surface area contributed by atoms with Gasteiger partial charge in [-0.1, -0.05) is 0 Å². The van der Waals surface area contributed by atoms with Crippen LogP contribution in [0.15, 0.2) is 14.3 Å². The summed E-state index contributed by atoms with van der Waals surface area (Å²) in [5.74, 6) is 0.0409. The van der Waals surface area contributed by atoms with Crippen LogP contribution in [-0.2, 0) is 0 Å². The molecule has 3 nitrogen and oxygen atoms in total. The minimum atomic E-state index is 0.0409. The van der Waals surface area contributed by atoms with Gasteiger partial charge >= 0.3 is 0 Å². The molecule has 6 heteroatoms. The van der Waals surface area contributed by atoms with E-state index in [-0.39, 0.29) is 5.91 Å². The molecule has 0 unspecified atom stereocenters. The molecule has 0 N–H and O–H groups in total. The molecule has 1 amide bonds. The number of thiophene rings is 1. The lowest BCUT2D eigenvalue weighted by Crippen LogP contribution is -2.33. The predicted molar refractivity (Wildman–Crippen MR) is 74.0 cm³/mol. The fourth-order valence-electron chi connectivity index (χ4n) is 1.60. The van der Waals surface area contributed by atoms with E-state index in [4.69, 9.17) is 5.26 Å². The van der Waals surface area contributed by atoms with Gasteiger partial charge in [0.15, 0.2) is 0 Å². The average Bonchev–Trinajstić information content (AvgIpc) is 3.07. The van der Waals surface area contributed by atoms with Crippen molar-refractivity contribution in [3.8, 4) is 6.07 Å². The van der Waals surface area contributed by atoms with Gasteiger partial charge in [-0.25, -0.2) is 0 Å². The highest BCUT2D eigenvalue weighted by Gasteiger charge is 2.33. The lowest BCUT2D eigenvalue weighted by Gasteiger charge is -2.20. The van der Waals surface area contributed by atoms with Gasteiger partial charge in [-0.2, -0.15) is 5.26 Å². The summed E-state index contributed by atoms with van der Waals surface area (Å²) in [7, 11) is 0. The van der Waals surface area contributed by atoms with Crippen molar-refractivity contribution in [1.29, 1.82) is 5.26 Å². The lowest BCUT2D eigenvalue weighted by molar-refractivity contribution is 0.0751. The number of rotatable bonds is 4. The summed E-state index contributed by atoms with van der Waals surface area (Å²) in [5, 5.41) is 8.62. The van der Waals surface area contributed by atoms with Gasteiger partial charge in [-0.15, -0.1) is 11.3 Å². The van der Waals surface area contributed by atoms with Crippen LogP contribution in [0.25, 0.3) is 0 Å². The van der Waals surface area contributed by atoms with E-state index >= 15 is 0 Å². The van der Waals surface area contributed by atoms with Crippen molar-refractivity contribution in [2.75, 3.05) is 6.54 Å². The molecular formula is C11H10Br2N2OS. The molecule has 0 saturated heterocycles. The maximum Gasteiger partial charge on any atom is 0.264 e. The second kappa shape index (κ2) is 5.51. The number of hydrogen-bond acceptors (Lipinski definition) is 3. The first-order chi connectivity index (χ1) is 8.13. The molecule has 0 aromatic carbocycles. The van der Waals surface area contributed by atoms with Crippen molar-refractivity contribution in [3.63, 3.8) is 0 Å². The van der Waals surface area contributed by atoms with Gasteiger partial charge in [-0.05, 0) is 50.8 Å². The summed E-state index contributed by atoms with van der Waals surface area (Å²) in [5.41, 5.74) is 0. The third kappa shape index (κ3) is 3.09. The van der Waals surface area contributed by atoms with E-state index in [1.807, 2.05) is 11.0 Å². The molecule has 0 bridgehead atoms. The largest absolute Gasteiger partial charge is 0.334 e. The van der Waals surface area contributed by atoms with Gasteiger partial charge in [0.25, 0.3) is 5.91 Å². The molecule has 1 aromatic heterocycles. The molecule has 0 radical (unpaired) electrons. The molecule has 1 saturated carbocycles. The summed E-state index contributed by atoms with van der Waals surface area (Å²) in [6, 6.07) is 4.27. The number of nitriles is 1. The highest BCUT2D eigenvalue weighted by Crippen LogP contribution is 2.35. The Hall–Kier alpha value is -0.380. The van der Waals surface area contributed by atoms with Gasteiger partial charge in [0.2, 0.25) is 0 Å². The van der Waals surface area contributed by atoms with Gasteiger partial charge in [0, 0.05) is 17.1 Å². The summed E-state index contributed by atoms with van der Waals surface area (Å²) in [4.78, 5) is 14.8. The molecule has 0 aliphatic heterocycles. The first kappa shape index (κ1) is 13.1. The SMILES string of the molecule is N#CCCN(C(=O)c1cc(Br)c(Br)s1)C1CC1. The van der Waals surface area contributed by atoms with E-state index in [1.165, 1.54) is 11.3 Å². The zero-order chi connectivity index (χ0) is 12.4. The summed E-state index contributed by atoms with van der Waals surface area (Å²) < 4.78 is 1.83. The maximum atomic E-state index is 12.3. The van der Waals surface area contributed by atoms with Crippen LogP contribution in [0.3, 0.4) is 0 Å². The zero-order valence-electron chi connectivity index (χ0n) is 8.95. The van der Waals surface area contributed by atoms with Crippen molar-refractivity contribution in [2.45, 2.75) is 25.3 Å². The third-order valence-corrected chi connectivity index (χ3v) is 5.81. The van der Waals surface area contributed by atoms with E-state index in [0.717, 1.165) is 21.1 Å². The number of halogens is 2. The van der Waals surface area contributed by atoms with Crippen molar-refractivity contribution >= 4 is 49.1 Å². The molecule has 1 fully saturated rings. The summed E-state index contributed by atoms with van der Waals surface area (Å²) in [6.07, 6.45) is 2.52. The fourth-order valence-corrected chi connectivity index (χ4v) is 3.59. The van der Waals surface area contributed by atoms with E-state index in [0.29, 0.717) is 23.9 Å². The minimum Gasteiger partial charge on any atom is -0.334 e. The van der Waals surface area contributed by atoms with Crippen molar-refractivity contribution in [2.24, 2.45) is 0 Å². The molecule has 1 aliphatic rings. The first-order valence-corrected chi connectivity index (χ1v) is 7.66. The van der Waals surface area contributed by atoms with E-state index < -0.39 is 0 Å². The number of carbonyl (C=O) groups is 1. The minimum absolute atomic E-state index is 0.0409. The molecule has 0 atom stereocenters. The Morgan fingerprint density at radius 3 is 2.76 bits per heavy atom. The van der Waals surface area contributed by atoms with Gasteiger partial charge in [0.1, 0.15) is 0 Å². The summed E-state index contributed by atoms with van der Waals surface area (Å²) >= 11 is 8.19.